The molecule has 10 nitrogen and oxygen atoms in total. The minimum absolute atomic E-state index is 0.00961. The van der Waals surface area contributed by atoms with Crippen molar-refractivity contribution in [2.24, 2.45) is 35.1 Å². The number of carbonyl (C=O) groups is 5. The zero-order valence-electron chi connectivity index (χ0n) is 21.1. The molecule has 194 valence electrons. The number of nitrogens with zero attached hydrogens (tertiary/aromatic N) is 1. The standard InChI is InChI=1S/C26H33N3O7/c1-25(2,3)14-8-11(9-27)12-6-10-7-13-18(29(4)5)21(32)17(24(28)35)23(34)26(13,36)22(33)15(10)20(31)16(12)19(14)30/h8,10,13,15,17-18,30,36H,6-7,9,27H2,1-5H3,(H2,28,35). The zero-order valence-corrected chi connectivity index (χ0v) is 21.1. The second-order valence-electron chi connectivity index (χ2n) is 11.5. The summed E-state index contributed by atoms with van der Waals surface area (Å²) in [6.07, 6.45) is 0.214. The van der Waals surface area contributed by atoms with Gasteiger partial charge in [-0.05, 0) is 55.5 Å². The van der Waals surface area contributed by atoms with Gasteiger partial charge in [-0.3, -0.25) is 28.9 Å². The summed E-state index contributed by atoms with van der Waals surface area (Å²) in [5.74, 6) is -10.5. The number of hydrogen-bond acceptors (Lipinski definition) is 9. The van der Waals surface area contributed by atoms with Gasteiger partial charge in [0.25, 0.3) is 0 Å². The first-order valence-corrected chi connectivity index (χ1v) is 12.0. The van der Waals surface area contributed by atoms with Crippen LogP contribution >= 0.6 is 0 Å². The summed E-state index contributed by atoms with van der Waals surface area (Å²) in [4.78, 5) is 67.6. The molecule has 1 aromatic carbocycles. The smallest absolute Gasteiger partial charge is 0.235 e. The van der Waals surface area contributed by atoms with Crippen molar-refractivity contribution in [1.82, 2.24) is 4.90 Å². The maximum atomic E-state index is 13.9. The highest BCUT2D eigenvalue weighted by molar-refractivity contribution is 6.32. The van der Waals surface area contributed by atoms with Crippen LogP contribution in [-0.2, 0) is 37.6 Å². The van der Waals surface area contributed by atoms with Crippen LogP contribution in [0.25, 0.3) is 0 Å². The van der Waals surface area contributed by atoms with Crippen LogP contribution in [0.3, 0.4) is 0 Å². The van der Waals surface area contributed by atoms with E-state index in [1.807, 2.05) is 20.8 Å². The number of aromatic hydroxyl groups is 1. The molecule has 3 aliphatic carbocycles. The summed E-state index contributed by atoms with van der Waals surface area (Å²) in [5.41, 5.74) is 9.76. The van der Waals surface area contributed by atoms with E-state index < -0.39 is 69.8 Å². The van der Waals surface area contributed by atoms with Crippen molar-refractivity contribution < 1.29 is 34.2 Å². The minimum Gasteiger partial charge on any atom is -0.507 e. The molecular weight excluding hydrogens is 466 g/mol. The van der Waals surface area contributed by atoms with Crippen LogP contribution in [0.2, 0.25) is 0 Å². The lowest BCUT2D eigenvalue weighted by Crippen LogP contribution is -2.74. The lowest BCUT2D eigenvalue weighted by molar-refractivity contribution is -0.181. The molecule has 0 aromatic heterocycles. The Kier molecular flexibility index (Phi) is 6.02. The topological polar surface area (TPSA) is 181 Å². The van der Waals surface area contributed by atoms with E-state index in [1.165, 1.54) is 4.90 Å². The molecule has 0 radical (unpaired) electrons. The predicted octanol–water partition coefficient (Wildman–Crippen LogP) is -0.377. The first-order valence-electron chi connectivity index (χ1n) is 12.0. The molecule has 2 fully saturated rings. The maximum Gasteiger partial charge on any atom is 0.235 e. The monoisotopic (exact) mass is 499 g/mol. The fourth-order valence-corrected chi connectivity index (χ4v) is 6.50. The molecule has 0 bridgehead atoms. The molecule has 0 saturated heterocycles. The van der Waals surface area contributed by atoms with Gasteiger partial charge in [-0.2, -0.15) is 0 Å². The van der Waals surface area contributed by atoms with Gasteiger partial charge < -0.3 is 21.7 Å². The maximum absolute atomic E-state index is 13.9. The molecule has 6 N–H and O–H groups in total. The molecule has 0 spiro atoms. The third kappa shape index (κ3) is 3.38. The van der Waals surface area contributed by atoms with E-state index in [1.54, 1.807) is 20.2 Å². The van der Waals surface area contributed by atoms with E-state index in [-0.39, 0.29) is 30.7 Å². The molecule has 0 aliphatic heterocycles. The molecule has 2 saturated carbocycles. The van der Waals surface area contributed by atoms with Crippen LogP contribution in [0.5, 0.6) is 5.75 Å². The number of carbonyl (C=O) groups excluding carboxylic acids is 5. The number of rotatable bonds is 3. The number of nitrogens with two attached hydrogens (primary N) is 2. The van der Waals surface area contributed by atoms with Gasteiger partial charge >= 0.3 is 0 Å². The highest BCUT2D eigenvalue weighted by atomic mass is 16.3. The van der Waals surface area contributed by atoms with Crippen LogP contribution in [0, 0.1) is 23.7 Å². The van der Waals surface area contributed by atoms with Crippen molar-refractivity contribution >= 4 is 29.0 Å². The summed E-state index contributed by atoms with van der Waals surface area (Å²) in [5, 5.41) is 22.8. The largest absolute Gasteiger partial charge is 0.507 e. The van der Waals surface area contributed by atoms with Crippen molar-refractivity contribution in [2.75, 3.05) is 14.1 Å². The van der Waals surface area contributed by atoms with Gasteiger partial charge in [0.1, 0.15) is 5.75 Å². The molecule has 1 aromatic rings. The Morgan fingerprint density at radius 1 is 1.17 bits per heavy atom. The highest BCUT2D eigenvalue weighted by Gasteiger charge is 2.69. The number of fused-ring (bicyclic) bond motifs is 3. The number of aliphatic hydroxyl groups is 1. The van der Waals surface area contributed by atoms with Gasteiger partial charge in [-0.15, -0.1) is 0 Å². The Morgan fingerprint density at radius 3 is 2.28 bits per heavy atom. The van der Waals surface area contributed by atoms with Crippen LogP contribution in [0.15, 0.2) is 6.07 Å². The van der Waals surface area contributed by atoms with Gasteiger partial charge in [-0.25, -0.2) is 0 Å². The fraction of sp³-hybridized carbons (Fsp3) is 0.577. The number of primary amides is 1. The minimum atomic E-state index is -2.73. The summed E-state index contributed by atoms with van der Waals surface area (Å²) in [7, 11) is 3.10. The SMILES string of the molecule is CN(C)C1C(=O)C(C(N)=O)C(=O)C2(O)C(=O)C3C(=O)c4c(O)c(C(C)(C)C)cc(CN)c4CC3CC12. The molecule has 36 heavy (non-hydrogen) atoms. The quantitative estimate of drug-likeness (QED) is 0.403. The van der Waals surface area contributed by atoms with Gasteiger partial charge in [0, 0.05) is 18.0 Å². The molecular formula is C26H33N3O7. The summed E-state index contributed by atoms with van der Waals surface area (Å²) in [6.45, 7) is 5.71. The highest BCUT2D eigenvalue weighted by Crippen LogP contribution is 2.52. The van der Waals surface area contributed by atoms with Crippen LogP contribution in [0.4, 0.5) is 0 Å². The molecule has 1 amide bonds. The molecule has 6 atom stereocenters. The lowest BCUT2D eigenvalue weighted by Gasteiger charge is -2.52. The molecule has 10 heteroatoms. The zero-order chi connectivity index (χ0) is 27.1. The Bertz CT molecular complexity index is 1210. The van der Waals surface area contributed by atoms with Gasteiger partial charge in [-0.1, -0.05) is 20.8 Å². The van der Waals surface area contributed by atoms with Crippen LogP contribution in [-0.4, -0.2) is 69.9 Å². The number of phenolic OH excluding ortho intramolecular Hbond substituents is 1. The first-order chi connectivity index (χ1) is 16.6. The van der Waals surface area contributed by atoms with Crippen molar-refractivity contribution in [1.29, 1.82) is 0 Å². The second-order valence-corrected chi connectivity index (χ2v) is 11.5. The summed E-state index contributed by atoms with van der Waals surface area (Å²) < 4.78 is 0. The number of benzene rings is 1. The van der Waals surface area contributed by atoms with E-state index in [0.717, 1.165) is 0 Å². The van der Waals surface area contributed by atoms with Gasteiger partial charge in [0.05, 0.1) is 17.5 Å². The molecule has 0 heterocycles. The number of Topliss-reactive ketones (excluding diaryl/α,β-unsaturated/α-hetero) is 4. The molecule has 3 aliphatic rings. The van der Waals surface area contributed by atoms with Crippen molar-refractivity contribution in [3.63, 3.8) is 0 Å². The normalized spacial score (nSPS) is 32.3. The van der Waals surface area contributed by atoms with Crippen molar-refractivity contribution in [3.8, 4) is 5.75 Å². The Balaban J connectivity index is 1.91. The third-order valence-corrected chi connectivity index (χ3v) is 8.18. The Labute approximate surface area is 209 Å². The number of ketones is 4. The van der Waals surface area contributed by atoms with Gasteiger partial charge in [0.2, 0.25) is 5.91 Å². The summed E-state index contributed by atoms with van der Waals surface area (Å²) >= 11 is 0. The Hall–Kier alpha value is -2.95. The average molecular weight is 500 g/mol. The van der Waals surface area contributed by atoms with Crippen LogP contribution in [0.1, 0.15) is 54.2 Å². The number of amides is 1. The first kappa shape index (κ1) is 26.1. The number of hydrogen-bond donors (Lipinski definition) is 4. The van der Waals surface area contributed by atoms with Crippen molar-refractivity contribution in [2.45, 2.75) is 57.2 Å². The van der Waals surface area contributed by atoms with Gasteiger partial charge in [0.15, 0.2) is 34.7 Å². The number of phenols is 1. The van der Waals surface area contributed by atoms with Crippen molar-refractivity contribution in [3.05, 3.63) is 28.3 Å². The molecule has 4 rings (SSSR count). The van der Waals surface area contributed by atoms with E-state index in [4.69, 9.17) is 11.5 Å². The van der Waals surface area contributed by atoms with E-state index in [2.05, 4.69) is 0 Å². The van der Waals surface area contributed by atoms with E-state index in [0.29, 0.717) is 16.7 Å². The third-order valence-electron chi connectivity index (χ3n) is 8.18. The lowest BCUT2D eigenvalue weighted by atomic mass is 9.52. The molecule has 6 unspecified atom stereocenters. The van der Waals surface area contributed by atoms with E-state index in [9.17, 15) is 34.2 Å². The predicted molar refractivity (Wildman–Crippen MR) is 128 cm³/mol. The Morgan fingerprint density at radius 2 is 1.78 bits per heavy atom. The van der Waals surface area contributed by atoms with Crippen LogP contribution < -0.4 is 11.5 Å². The number of likely N-dealkylation sites (N-methyl/N-ethyl adjacent to an activating group) is 1. The second kappa shape index (κ2) is 8.29. The summed E-state index contributed by atoms with van der Waals surface area (Å²) in [6, 6.07) is 0.647. The van der Waals surface area contributed by atoms with E-state index >= 15 is 0 Å². The fourth-order valence-electron chi connectivity index (χ4n) is 6.50. The average Bonchev–Trinajstić information content (AvgIpc) is 2.75.